The van der Waals surface area contributed by atoms with E-state index in [4.69, 9.17) is 9.15 Å². The number of esters is 1. The molecule has 2 aromatic heterocycles. The van der Waals surface area contributed by atoms with Gasteiger partial charge in [-0.25, -0.2) is 9.78 Å². The largest absolute Gasteiger partial charge is 0.472 e. The van der Waals surface area contributed by atoms with E-state index in [1.165, 1.54) is 23.9 Å². The molecule has 0 N–H and O–H groups in total. The summed E-state index contributed by atoms with van der Waals surface area (Å²) in [5.41, 5.74) is 0.415. The molecule has 0 saturated carbocycles. The van der Waals surface area contributed by atoms with E-state index in [0.29, 0.717) is 5.56 Å². The number of carbonyl (C=O) groups excluding carboxylic acids is 1. The first kappa shape index (κ1) is 9.92. The average molecular weight is 223 g/mol. The Bertz CT molecular complexity index is 421. The van der Waals surface area contributed by atoms with Crippen molar-refractivity contribution in [1.29, 1.82) is 0 Å². The van der Waals surface area contributed by atoms with Gasteiger partial charge >= 0.3 is 5.97 Å². The van der Waals surface area contributed by atoms with Crippen LogP contribution in [0.2, 0.25) is 0 Å². The average Bonchev–Trinajstić information content (AvgIpc) is 2.91. The molecular weight excluding hydrogens is 214 g/mol. The molecule has 4 nitrogen and oxygen atoms in total. The van der Waals surface area contributed by atoms with Crippen LogP contribution in [0.3, 0.4) is 0 Å². The van der Waals surface area contributed by atoms with Gasteiger partial charge in [-0.1, -0.05) is 0 Å². The van der Waals surface area contributed by atoms with Crippen LogP contribution < -0.4 is 0 Å². The Labute approximate surface area is 90.5 Å². The summed E-state index contributed by atoms with van der Waals surface area (Å²) in [6, 6.07) is 1.57. The fourth-order valence-corrected chi connectivity index (χ4v) is 1.72. The molecule has 15 heavy (non-hydrogen) atoms. The summed E-state index contributed by atoms with van der Waals surface area (Å²) >= 11 is 1.46. The van der Waals surface area contributed by atoms with Crippen molar-refractivity contribution in [3.05, 3.63) is 40.7 Å². The second kappa shape index (κ2) is 4.27. The quantitative estimate of drug-likeness (QED) is 0.750. The minimum Gasteiger partial charge on any atom is -0.472 e. The number of furan rings is 1. The molecule has 0 radical (unpaired) electrons. The molecule has 2 heterocycles. The zero-order chi connectivity index (χ0) is 10.7. The molecular formula is C10H9NO3S. The molecule has 0 aliphatic rings. The van der Waals surface area contributed by atoms with Gasteiger partial charge in [0.25, 0.3) is 0 Å². The summed E-state index contributed by atoms with van der Waals surface area (Å²) < 4.78 is 9.98. The van der Waals surface area contributed by atoms with E-state index in [1.54, 1.807) is 19.2 Å². The number of hydrogen-bond acceptors (Lipinski definition) is 5. The maximum Gasteiger partial charge on any atom is 0.342 e. The third-order valence-corrected chi connectivity index (χ3v) is 2.78. The number of aromatic nitrogens is 1. The Morgan fingerprint density at radius 3 is 3.13 bits per heavy atom. The van der Waals surface area contributed by atoms with Crippen LogP contribution in [0.15, 0.2) is 34.6 Å². The first-order valence-corrected chi connectivity index (χ1v) is 5.28. The van der Waals surface area contributed by atoms with Crippen LogP contribution >= 0.6 is 11.3 Å². The van der Waals surface area contributed by atoms with Crippen LogP contribution in [0, 0.1) is 0 Å². The van der Waals surface area contributed by atoms with Gasteiger partial charge in [-0.15, -0.1) is 11.3 Å². The molecule has 0 fully saturated rings. The number of hydrogen-bond donors (Lipinski definition) is 0. The Balaban J connectivity index is 2.01. The third-order valence-electron chi connectivity index (χ3n) is 1.84. The maximum atomic E-state index is 11.5. The van der Waals surface area contributed by atoms with Gasteiger partial charge in [0.1, 0.15) is 11.3 Å². The second-order valence-corrected chi connectivity index (χ2v) is 3.86. The third kappa shape index (κ3) is 2.24. The van der Waals surface area contributed by atoms with Gasteiger partial charge in [0, 0.05) is 11.6 Å². The smallest absolute Gasteiger partial charge is 0.342 e. The number of rotatable bonds is 3. The summed E-state index contributed by atoms with van der Waals surface area (Å²) in [7, 11) is 0. The summed E-state index contributed by atoms with van der Waals surface area (Å²) in [5.74, 6) is -0.397. The number of thiazole rings is 1. The lowest BCUT2D eigenvalue weighted by Crippen LogP contribution is -2.07. The zero-order valence-corrected chi connectivity index (χ0v) is 8.86. The number of nitrogens with zero attached hydrogens (tertiary/aromatic N) is 1. The van der Waals surface area contributed by atoms with E-state index in [-0.39, 0.29) is 6.10 Å². The van der Waals surface area contributed by atoms with Crippen molar-refractivity contribution < 1.29 is 13.9 Å². The molecule has 5 heteroatoms. The normalized spacial score (nSPS) is 12.3. The van der Waals surface area contributed by atoms with Crippen molar-refractivity contribution in [2.24, 2.45) is 0 Å². The van der Waals surface area contributed by atoms with E-state index < -0.39 is 5.97 Å². The predicted octanol–water partition coefficient (Wildman–Crippen LogP) is 2.65. The molecule has 2 aromatic rings. The predicted molar refractivity (Wildman–Crippen MR) is 54.7 cm³/mol. The monoisotopic (exact) mass is 223 g/mol. The Hall–Kier alpha value is -1.62. The van der Waals surface area contributed by atoms with Crippen molar-refractivity contribution in [2.75, 3.05) is 0 Å². The molecule has 0 bridgehead atoms. The second-order valence-electron chi connectivity index (χ2n) is 2.93. The number of carbonyl (C=O) groups is 1. The standard InChI is InChI=1S/C10H9NO3S/c1-7(9-11-3-5-15-9)14-10(12)8-2-4-13-6-8/h2-7H,1H3/t7-/m1/s1. The van der Waals surface area contributed by atoms with Crippen molar-refractivity contribution in [1.82, 2.24) is 4.98 Å². The molecule has 0 unspecified atom stereocenters. The fraction of sp³-hybridized carbons (Fsp3) is 0.200. The van der Waals surface area contributed by atoms with Crippen LogP contribution in [0.1, 0.15) is 28.4 Å². The van der Waals surface area contributed by atoms with E-state index in [2.05, 4.69) is 4.98 Å². The van der Waals surface area contributed by atoms with Crippen molar-refractivity contribution in [3.63, 3.8) is 0 Å². The van der Waals surface area contributed by atoms with E-state index in [0.717, 1.165) is 5.01 Å². The van der Waals surface area contributed by atoms with Gasteiger partial charge in [-0.05, 0) is 13.0 Å². The molecule has 1 atom stereocenters. The molecule has 0 amide bonds. The van der Waals surface area contributed by atoms with Gasteiger partial charge in [0.05, 0.1) is 11.8 Å². The van der Waals surface area contributed by atoms with E-state index in [1.807, 2.05) is 5.38 Å². The Kier molecular flexibility index (Phi) is 2.82. The van der Waals surface area contributed by atoms with Crippen LogP contribution in [0.5, 0.6) is 0 Å². The van der Waals surface area contributed by atoms with Crippen molar-refractivity contribution in [2.45, 2.75) is 13.0 Å². The van der Waals surface area contributed by atoms with Gasteiger partial charge in [-0.3, -0.25) is 0 Å². The lowest BCUT2D eigenvalue weighted by molar-refractivity contribution is 0.0336. The van der Waals surface area contributed by atoms with Crippen molar-refractivity contribution >= 4 is 17.3 Å². The highest BCUT2D eigenvalue weighted by molar-refractivity contribution is 7.09. The first-order chi connectivity index (χ1) is 7.27. The van der Waals surface area contributed by atoms with E-state index >= 15 is 0 Å². The zero-order valence-electron chi connectivity index (χ0n) is 8.04. The summed E-state index contributed by atoms with van der Waals surface area (Å²) in [6.07, 6.45) is 4.15. The maximum absolute atomic E-state index is 11.5. The molecule has 78 valence electrons. The molecule has 0 spiro atoms. The summed E-state index contributed by atoms with van der Waals surface area (Å²) in [6.45, 7) is 1.79. The first-order valence-electron chi connectivity index (χ1n) is 4.40. The summed E-state index contributed by atoms with van der Waals surface area (Å²) in [5, 5.41) is 2.63. The van der Waals surface area contributed by atoms with Gasteiger partial charge in [0.15, 0.2) is 6.10 Å². The SMILES string of the molecule is C[C@@H](OC(=O)c1ccoc1)c1nccs1. The highest BCUT2D eigenvalue weighted by Crippen LogP contribution is 2.20. The van der Waals surface area contributed by atoms with E-state index in [9.17, 15) is 4.79 Å². The highest BCUT2D eigenvalue weighted by Gasteiger charge is 2.15. The van der Waals surface area contributed by atoms with Gasteiger partial charge in [-0.2, -0.15) is 0 Å². The number of ether oxygens (including phenoxy) is 1. The van der Waals surface area contributed by atoms with Crippen LogP contribution in [0.4, 0.5) is 0 Å². The van der Waals surface area contributed by atoms with Crippen molar-refractivity contribution in [3.8, 4) is 0 Å². The van der Waals surface area contributed by atoms with Gasteiger partial charge in [0.2, 0.25) is 0 Å². The molecule has 0 aliphatic heterocycles. The molecule has 0 aliphatic carbocycles. The molecule has 0 saturated heterocycles. The lowest BCUT2D eigenvalue weighted by Gasteiger charge is -2.08. The molecule has 2 rings (SSSR count). The van der Waals surface area contributed by atoms with Crippen LogP contribution in [-0.4, -0.2) is 11.0 Å². The fourth-order valence-electron chi connectivity index (χ4n) is 1.09. The van der Waals surface area contributed by atoms with Crippen LogP contribution in [0.25, 0.3) is 0 Å². The minimum absolute atomic E-state index is 0.326. The lowest BCUT2D eigenvalue weighted by atomic mass is 10.3. The minimum atomic E-state index is -0.397. The highest BCUT2D eigenvalue weighted by atomic mass is 32.1. The molecule has 0 aromatic carbocycles. The summed E-state index contributed by atoms with van der Waals surface area (Å²) in [4.78, 5) is 15.6. The Morgan fingerprint density at radius 1 is 1.67 bits per heavy atom. The van der Waals surface area contributed by atoms with Gasteiger partial charge < -0.3 is 9.15 Å². The van der Waals surface area contributed by atoms with Crippen LogP contribution in [-0.2, 0) is 4.74 Å². The topological polar surface area (TPSA) is 52.3 Å². The Morgan fingerprint density at radius 2 is 2.53 bits per heavy atom.